The summed E-state index contributed by atoms with van der Waals surface area (Å²) in [6.45, 7) is 8.72. The molecule has 0 bridgehead atoms. The van der Waals surface area contributed by atoms with E-state index in [4.69, 9.17) is 0 Å². The highest BCUT2D eigenvalue weighted by molar-refractivity contribution is 5.73. The van der Waals surface area contributed by atoms with Gasteiger partial charge < -0.3 is 65.1 Å². The zero-order valence-corrected chi connectivity index (χ0v) is 31.6. The first-order valence-corrected chi connectivity index (χ1v) is 13.0. The van der Waals surface area contributed by atoms with Gasteiger partial charge in [0.05, 0.1) is 42.7 Å². The van der Waals surface area contributed by atoms with E-state index in [1.165, 1.54) is 98.3 Å². The van der Waals surface area contributed by atoms with Crippen molar-refractivity contribution in [3.63, 3.8) is 0 Å². The lowest BCUT2D eigenvalue weighted by Gasteiger charge is -1.91. The lowest BCUT2D eigenvalue weighted by molar-refractivity contribution is -0.138. The normalized spacial score (nSPS) is 6.60. The van der Waals surface area contributed by atoms with Gasteiger partial charge in [0.15, 0.2) is 0 Å². The largest absolute Gasteiger partial charge is 0.507 e. The van der Waals surface area contributed by atoms with Gasteiger partial charge in [0, 0.05) is 70.0 Å². The van der Waals surface area contributed by atoms with Crippen LogP contribution in [0.25, 0.3) is 0 Å². The van der Waals surface area contributed by atoms with Crippen molar-refractivity contribution < 1.29 is 71.6 Å². The van der Waals surface area contributed by atoms with Crippen LogP contribution < -0.4 is 31.9 Å². The number of methoxy groups -OCH3 is 6. The molecule has 0 rings (SSSR count). The minimum atomic E-state index is -0.657. The van der Waals surface area contributed by atoms with Crippen LogP contribution in [0.5, 0.6) is 0 Å². The van der Waals surface area contributed by atoms with E-state index in [1.54, 1.807) is 28.2 Å². The van der Waals surface area contributed by atoms with Crippen LogP contribution in [0, 0.1) is 0 Å². The second-order valence-corrected chi connectivity index (χ2v) is 6.88. The summed E-state index contributed by atoms with van der Waals surface area (Å²) in [6.07, 6.45) is -1.47. The maximum absolute atomic E-state index is 9.96. The van der Waals surface area contributed by atoms with E-state index in [2.05, 4.69) is 60.3 Å². The van der Waals surface area contributed by atoms with Crippen LogP contribution in [-0.2, 0) is 52.4 Å². The van der Waals surface area contributed by atoms with Crippen molar-refractivity contribution in [2.75, 3.05) is 84.9 Å². The Hall–Kier alpha value is -5.37. The van der Waals surface area contributed by atoms with Crippen molar-refractivity contribution in [3.05, 3.63) is 0 Å². The van der Waals surface area contributed by atoms with E-state index in [0.717, 1.165) is 0 Å². The van der Waals surface area contributed by atoms with Crippen LogP contribution in [0.3, 0.4) is 0 Å². The molecule has 0 saturated carbocycles. The van der Waals surface area contributed by atoms with Gasteiger partial charge in [-0.2, -0.15) is 0 Å². The summed E-state index contributed by atoms with van der Waals surface area (Å²) < 4.78 is 24.6. The monoisotopic (exact) mass is 740 g/mol. The second-order valence-electron chi connectivity index (χ2n) is 6.88. The average Bonchev–Trinajstić information content (AvgIpc) is 3.07. The number of hydrogen-bond acceptors (Lipinski definition) is 15. The number of nitrogens with one attached hydrogen (secondary N) is 6. The van der Waals surface area contributed by atoms with Gasteiger partial charge in [0.25, 0.3) is 0 Å². The van der Waals surface area contributed by atoms with Gasteiger partial charge in [-0.15, -0.1) is 0 Å². The van der Waals surface area contributed by atoms with Gasteiger partial charge in [0.1, 0.15) is 5.78 Å². The molecule has 0 aromatic carbocycles. The van der Waals surface area contributed by atoms with Gasteiger partial charge in [-0.1, -0.05) is 14.9 Å². The predicted octanol–water partition coefficient (Wildman–Crippen LogP) is 1.62. The molecule has 6 N–H and O–H groups in total. The Kier molecular flexibility index (Phi) is 105. The number of amides is 6. The standard InChI is InChI=1S/C3H8N2O.2C3H7NO2.2C3H7NO.C3H6O3.2C3H6O2.C3H6O.2CH4/c1-4-3(6)5-2;2*1-4-3(5)6-2;2*1-3(5)4-2;1-5-3(4)6-2;2*1-3(4)5-2;1-3(2)4;;/h1-2H3,(H2,4,5,6);2*1-2H3,(H,4,5);2*1-2H3,(H,4,5);1-2H3;2*1-2H3;1-2H3;2*1H4. The van der Waals surface area contributed by atoms with Crippen molar-refractivity contribution in [2.45, 2.75) is 56.4 Å². The molecule has 0 heterocycles. The van der Waals surface area contributed by atoms with Crippen LogP contribution in [0.1, 0.15) is 56.4 Å². The number of rotatable bonds is 0. The third-order valence-electron chi connectivity index (χ3n) is 2.85. The van der Waals surface area contributed by atoms with E-state index in [0.29, 0.717) is 0 Å². The molecule has 50 heavy (non-hydrogen) atoms. The minimum absolute atomic E-state index is 0. The Labute approximate surface area is 298 Å². The molecule has 21 heteroatoms. The van der Waals surface area contributed by atoms with Gasteiger partial charge >= 0.3 is 36.3 Å². The summed E-state index contributed by atoms with van der Waals surface area (Å²) in [5.41, 5.74) is 0. The van der Waals surface area contributed by atoms with Crippen molar-refractivity contribution >= 4 is 53.9 Å². The highest BCUT2D eigenvalue weighted by atomic mass is 16.7. The molecule has 6 amide bonds. The van der Waals surface area contributed by atoms with E-state index >= 15 is 0 Å². The molecule has 0 spiro atoms. The number of carbonyl (C=O) groups is 9. The van der Waals surface area contributed by atoms with Crippen molar-refractivity contribution in [1.29, 1.82) is 0 Å². The third kappa shape index (κ3) is 213. The van der Waals surface area contributed by atoms with E-state index < -0.39 is 18.3 Å². The summed E-state index contributed by atoms with van der Waals surface area (Å²) in [6, 6.07) is -0.157. The molecule has 0 radical (unpaired) electrons. The second kappa shape index (κ2) is 70.1. The molecule has 0 aliphatic heterocycles. The molecule has 0 aliphatic rings. The number of urea groups is 1. The van der Waals surface area contributed by atoms with E-state index in [-0.39, 0.29) is 50.4 Å². The third-order valence-corrected chi connectivity index (χ3v) is 2.85. The minimum Gasteiger partial charge on any atom is -0.469 e. The first-order chi connectivity index (χ1) is 22.0. The fourth-order valence-corrected chi connectivity index (χ4v) is 0.412. The smallest absolute Gasteiger partial charge is 0.469 e. The molecule has 21 nitrogen and oxygen atoms in total. The van der Waals surface area contributed by atoms with Crippen LogP contribution in [0.2, 0.25) is 0 Å². The predicted molar refractivity (Wildman–Crippen MR) is 191 cm³/mol. The van der Waals surface area contributed by atoms with Crippen molar-refractivity contribution in [1.82, 2.24) is 31.9 Å². The first kappa shape index (κ1) is 75.1. The zero-order chi connectivity index (χ0) is 40.7. The molecular weight excluding hydrogens is 672 g/mol. The van der Waals surface area contributed by atoms with Gasteiger partial charge in [-0.05, 0) is 13.8 Å². The molecule has 0 aliphatic carbocycles. The van der Waals surface area contributed by atoms with E-state index in [1.807, 2.05) is 0 Å². The number of esters is 2. The molecule has 0 atom stereocenters. The Morgan fingerprint density at radius 1 is 0.360 bits per heavy atom. The van der Waals surface area contributed by atoms with Crippen LogP contribution in [0.4, 0.5) is 19.2 Å². The summed E-state index contributed by atoms with van der Waals surface area (Å²) in [5, 5.41) is 14.0. The molecule has 0 unspecified atom stereocenters. The number of alkyl carbamates (subject to hydrolysis) is 2. The zero-order valence-electron chi connectivity index (χ0n) is 31.6. The average molecular weight is 741 g/mol. The Morgan fingerprint density at radius 2 is 0.540 bits per heavy atom. The Morgan fingerprint density at radius 3 is 0.540 bits per heavy atom. The maximum atomic E-state index is 9.96. The Bertz CT molecular complexity index is 681. The highest BCUT2D eigenvalue weighted by Gasteiger charge is 1.89. The van der Waals surface area contributed by atoms with Gasteiger partial charge in [0.2, 0.25) is 11.8 Å². The quantitative estimate of drug-likeness (QED) is 0.152. The van der Waals surface area contributed by atoms with Crippen LogP contribution in [-0.4, -0.2) is 139 Å². The molecular formula is C29H68N6O15. The van der Waals surface area contributed by atoms with Crippen molar-refractivity contribution in [3.8, 4) is 0 Å². The molecule has 0 aromatic heterocycles. The summed E-state index contributed by atoms with van der Waals surface area (Å²) in [5.74, 6) is -0.315. The molecule has 0 fully saturated rings. The van der Waals surface area contributed by atoms with Crippen LogP contribution in [0.15, 0.2) is 0 Å². The number of carbonyl (C=O) groups excluding carboxylic acids is 9. The fourth-order valence-electron chi connectivity index (χ4n) is 0.412. The number of ether oxygens (including phenoxy) is 6. The molecule has 0 saturated heterocycles. The van der Waals surface area contributed by atoms with E-state index in [9.17, 15) is 43.2 Å². The lowest BCUT2D eigenvalue weighted by atomic mass is 10.6. The molecule has 0 aromatic rings. The summed E-state index contributed by atoms with van der Waals surface area (Å²) in [7, 11) is 17.2. The summed E-state index contributed by atoms with van der Waals surface area (Å²) >= 11 is 0. The van der Waals surface area contributed by atoms with Crippen molar-refractivity contribution in [2.24, 2.45) is 0 Å². The van der Waals surface area contributed by atoms with Gasteiger partial charge in [-0.3, -0.25) is 19.2 Å². The Balaban J connectivity index is -0.0000000379. The first-order valence-electron chi connectivity index (χ1n) is 13.0. The van der Waals surface area contributed by atoms with Crippen LogP contribution >= 0.6 is 0 Å². The highest BCUT2D eigenvalue weighted by Crippen LogP contribution is 1.72. The maximum Gasteiger partial charge on any atom is 0.507 e. The molecule has 304 valence electrons. The topological polar surface area (TPSA) is 281 Å². The number of ketones is 1. The fraction of sp³-hybridized carbons (Fsp3) is 0.690. The number of Topliss-reactive ketones (excluding diaryl/α,β-unsaturated/α-hetero) is 1. The lowest BCUT2D eigenvalue weighted by Crippen LogP contribution is -2.28. The summed E-state index contributed by atoms with van der Waals surface area (Å²) in [4.78, 5) is 87.4. The number of hydrogen-bond donors (Lipinski definition) is 6. The van der Waals surface area contributed by atoms with Gasteiger partial charge in [-0.25, -0.2) is 19.2 Å². The SMILES string of the molecule is C.C.CC(C)=O.CNC(=O)NC.CNC(=O)OC.CNC(=O)OC.CNC(C)=O.CNC(C)=O.COC(=O)OC.COC(C)=O.COC(C)=O.